The van der Waals surface area contributed by atoms with Gasteiger partial charge >= 0.3 is 6.18 Å². The van der Waals surface area contributed by atoms with Crippen LogP contribution in [0.5, 0.6) is 5.75 Å². The number of hydrogen-bond donors (Lipinski definition) is 1. The third-order valence-corrected chi connectivity index (χ3v) is 4.73. The van der Waals surface area contributed by atoms with E-state index in [0.29, 0.717) is 5.56 Å². The van der Waals surface area contributed by atoms with Gasteiger partial charge in [0.2, 0.25) is 5.91 Å². The van der Waals surface area contributed by atoms with Crippen LogP contribution in [0.25, 0.3) is 22.9 Å². The average molecular weight is 431 g/mol. The number of nitrogens with zero attached hydrogens (tertiary/aromatic N) is 6. The Hall–Kier alpha value is -3.83. The molecule has 9 nitrogen and oxygen atoms in total. The van der Waals surface area contributed by atoms with Crippen molar-refractivity contribution >= 4 is 11.5 Å². The van der Waals surface area contributed by atoms with E-state index in [1.165, 1.54) is 23.4 Å². The van der Waals surface area contributed by atoms with Gasteiger partial charge in [-0.3, -0.25) is 4.79 Å². The highest BCUT2D eigenvalue weighted by Crippen LogP contribution is 2.36. The molecule has 0 atom stereocenters. The minimum absolute atomic E-state index is 0.00329. The maximum Gasteiger partial charge on any atom is 0.433 e. The standard InChI is InChI=1S/C19H16F3N7O2/c1-10(16(23)30)11-6-25-18(26-7-11)29-9-27-17(28-29)13-5-15(19(20,21)22)24-8-14(13)31-12-3-2-4-12/h5-9,12H,1-4H2,(H2,23,30). The lowest BCUT2D eigenvalue weighted by molar-refractivity contribution is -0.141. The van der Waals surface area contributed by atoms with E-state index in [-0.39, 0.29) is 34.8 Å². The second-order valence-electron chi connectivity index (χ2n) is 6.86. The molecule has 0 saturated heterocycles. The third-order valence-electron chi connectivity index (χ3n) is 4.73. The van der Waals surface area contributed by atoms with Gasteiger partial charge in [-0.1, -0.05) is 6.58 Å². The molecule has 0 aromatic carbocycles. The first-order valence-electron chi connectivity index (χ1n) is 9.20. The summed E-state index contributed by atoms with van der Waals surface area (Å²) >= 11 is 0. The van der Waals surface area contributed by atoms with Gasteiger partial charge in [-0.25, -0.2) is 19.9 Å². The van der Waals surface area contributed by atoms with Gasteiger partial charge in [-0.05, 0) is 25.3 Å². The maximum atomic E-state index is 13.2. The molecule has 3 aromatic heterocycles. The summed E-state index contributed by atoms with van der Waals surface area (Å²) in [4.78, 5) is 26.9. The molecule has 2 N–H and O–H groups in total. The molecular weight excluding hydrogens is 415 g/mol. The smallest absolute Gasteiger partial charge is 0.433 e. The monoisotopic (exact) mass is 431 g/mol. The van der Waals surface area contributed by atoms with Gasteiger partial charge in [0, 0.05) is 23.5 Å². The van der Waals surface area contributed by atoms with Crippen LogP contribution in [0.15, 0.2) is 37.6 Å². The highest BCUT2D eigenvalue weighted by molar-refractivity contribution is 6.17. The molecule has 1 aliphatic rings. The van der Waals surface area contributed by atoms with Crippen molar-refractivity contribution in [1.82, 2.24) is 29.7 Å². The van der Waals surface area contributed by atoms with Crippen LogP contribution in [0.3, 0.4) is 0 Å². The van der Waals surface area contributed by atoms with Crippen LogP contribution < -0.4 is 10.5 Å². The van der Waals surface area contributed by atoms with E-state index in [2.05, 4.69) is 31.6 Å². The SMILES string of the molecule is C=C(C(N)=O)c1cnc(-n2cnc(-c3cc(C(F)(F)F)ncc3OC3CCC3)n2)nc1. The van der Waals surface area contributed by atoms with E-state index >= 15 is 0 Å². The van der Waals surface area contributed by atoms with Crippen molar-refractivity contribution in [2.24, 2.45) is 5.73 Å². The van der Waals surface area contributed by atoms with E-state index in [9.17, 15) is 18.0 Å². The van der Waals surface area contributed by atoms with Gasteiger partial charge in [-0.2, -0.15) is 17.9 Å². The van der Waals surface area contributed by atoms with Crippen molar-refractivity contribution in [3.8, 4) is 23.1 Å². The number of ether oxygens (including phenoxy) is 1. The first-order chi connectivity index (χ1) is 14.7. The molecule has 3 heterocycles. The first kappa shape index (κ1) is 20.4. The second-order valence-corrected chi connectivity index (χ2v) is 6.86. The quantitative estimate of drug-likeness (QED) is 0.595. The van der Waals surface area contributed by atoms with Gasteiger partial charge in [0.15, 0.2) is 5.82 Å². The summed E-state index contributed by atoms with van der Waals surface area (Å²) in [6, 6.07) is 0.856. The van der Waals surface area contributed by atoms with Crippen LogP contribution in [0.2, 0.25) is 0 Å². The zero-order chi connectivity index (χ0) is 22.2. The minimum atomic E-state index is -4.63. The van der Waals surface area contributed by atoms with Crippen molar-refractivity contribution < 1.29 is 22.7 Å². The van der Waals surface area contributed by atoms with Crippen LogP contribution in [0.4, 0.5) is 13.2 Å². The summed E-state index contributed by atoms with van der Waals surface area (Å²) in [6.07, 6.45) is 2.88. The lowest BCUT2D eigenvalue weighted by Crippen LogP contribution is -2.25. The number of aromatic nitrogens is 6. The summed E-state index contributed by atoms with van der Waals surface area (Å²) in [5, 5.41) is 4.19. The van der Waals surface area contributed by atoms with Gasteiger partial charge in [0.05, 0.1) is 17.9 Å². The van der Waals surface area contributed by atoms with Crippen molar-refractivity contribution in [3.05, 3.63) is 48.8 Å². The Morgan fingerprint density at radius 1 is 1.16 bits per heavy atom. The largest absolute Gasteiger partial charge is 0.488 e. The molecule has 1 saturated carbocycles. The normalized spacial score (nSPS) is 14.2. The molecule has 4 rings (SSSR count). The van der Waals surface area contributed by atoms with E-state index in [1.807, 2.05) is 0 Å². The van der Waals surface area contributed by atoms with Crippen LogP contribution in [-0.2, 0) is 11.0 Å². The Labute approximate surface area is 173 Å². The Morgan fingerprint density at radius 3 is 2.45 bits per heavy atom. The van der Waals surface area contributed by atoms with Crippen LogP contribution >= 0.6 is 0 Å². The second kappa shape index (κ2) is 7.78. The van der Waals surface area contributed by atoms with Crippen molar-refractivity contribution in [1.29, 1.82) is 0 Å². The Kier molecular flexibility index (Phi) is 5.13. The lowest BCUT2D eigenvalue weighted by atomic mass is 9.96. The fourth-order valence-corrected chi connectivity index (χ4v) is 2.76. The van der Waals surface area contributed by atoms with Crippen molar-refractivity contribution in [2.45, 2.75) is 31.5 Å². The fraction of sp³-hybridized carbons (Fsp3) is 0.263. The molecule has 31 heavy (non-hydrogen) atoms. The number of primary amides is 1. The number of rotatable bonds is 6. The highest BCUT2D eigenvalue weighted by atomic mass is 19.4. The number of halogens is 3. The number of alkyl halides is 3. The molecule has 12 heteroatoms. The summed E-state index contributed by atoms with van der Waals surface area (Å²) in [5.41, 5.74) is 4.53. The molecule has 0 radical (unpaired) electrons. The number of carbonyl (C=O) groups excluding carboxylic acids is 1. The number of pyridine rings is 1. The topological polar surface area (TPSA) is 122 Å². The molecule has 1 aliphatic carbocycles. The molecule has 0 bridgehead atoms. The van der Waals surface area contributed by atoms with E-state index in [1.54, 1.807) is 0 Å². The van der Waals surface area contributed by atoms with Gasteiger partial charge in [0.25, 0.3) is 5.95 Å². The Balaban J connectivity index is 1.67. The van der Waals surface area contributed by atoms with Crippen LogP contribution in [-0.4, -0.2) is 41.7 Å². The molecule has 1 fully saturated rings. The zero-order valence-corrected chi connectivity index (χ0v) is 16.0. The van der Waals surface area contributed by atoms with E-state index in [4.69, 9.17) is 10.5 Å². The van der Waals surface area contributed by atoms with E-state index in [0.717, 1.165) is 31.5 Å². The molecule has 0 spiro atoms. The molecule has 0 aliphatic heterocycles. The Bertz CT molecular complexity index is 1140. The average Bonchev–Trinajstić information content (AvgIpc) is 3.19. The van der Waals surface area contributed by atoms with Gasteiger partial charge in [-0.15, -0.1) is 5.10 Å². The number of amides is 1. The summed E-state index contributed by atoms with van der Waals surface area (Å²) < 4.78 is 46.5. The summed E-state index contributed by atoms with van der Waals surface area (Å²) in [6.45, 7) is 3.54. The molecule has 1 amide bonds. The van der Waals surface area contributed by atoms with Gasteiger partial charge < -0.3 is 10.5 Å². The highest BCUT2D eigenvalue weighted by Gasteiger charge is 2.34. The summed E-state index contributed by atoms with van der Waals surface area (Å²) in [7, 11) is 0. The Morgan fingerprint density at radius 2 is 1.87 bits per heavy atom. The number of nitrogens with two attached hydrogens (primary N) is 1. The van der Waals surface area contributed by atoms with Crippen LogP contribution in [0, 0.1) is 0 Å². The zero-order valence-electron chi connectivity index (χ0n) is 16.0. The third kappa shape index (κ3) is 4.22. The molecule has 160 valence electrons. The predicted octanol–water partition coefficient (Wildman–Crippen LogP) is 2.57. The predicted molar refractivity (Wildman–Crippen MR) is 102 cm³/mol. The van der Waals surface area contributed by atoms with E-state index < -0.39 is 17.8 Å². The fourth-order valence-electron chi connectivity index (χ4n) is 2.76. The lowest BCUT2D eigenvalue weighted by Gasteiger charge is -2.27. The van der Waals surface area contributed by atoms with Gasteiger partial charge in [0.1, 0.15) is 17.8 Å². The first-order valence-corrected chi connectivity index (χ1v) is 9.20. The van der Waals surface area contributed by atoms with Crippen LogP contribution in [0.1, 0.15) is 30.5 Å². The molecule has 3 aromatic rings. The number of carbonyl (C=O) groups is 1. The number of hydrogen-bond acceptors (Lipinski definition) is 7. The maximum absolute atomic E-state index is 13.2. The molecule has 0 unspecified atom stereocenters. The van der Waals surface area contributed by atoms with Crippen molar-refractivity contribution in [3.63, 3.8) is 0 Å². The minimum Gasteiger partial charge on any atom is -0.488 e. The van der Waals surface area contributed by atoms with Crippen molar-refractivity contribution in [2.75, 3.05) is 0 Å². The molecular formula is C19H16F3N7O2. The summed E-state index contributed by atoms with van der Waals surface area (Å²) in [5.74, 6) is -0.455.